The van der Waals surface area contributed by atoms with Crippen LogP contribution >= 0.6 is 0 Å². The Morgan fingerprint density at radius 3 is 2.48 bits per heavy atom. The summed E-state index contributed by atoms with van der Waals surface area (Å²) in [6.45, 7) is 9.31. The zero-order valence-corrected chi connectivity index (χ0v) is 13.4. The van der Waals surface area contributed by atoms with Gasteiger partial charge in [0.2, 0.25) is 5.90 Å². The first-order valence-corrected chi connectivity index (χ1v) is 6.92. The van der Waals surface area contributed by atoms with E-state index in [1.165, 1.54) is 7.11 Å². The van der Waals surface area contributed by atoms with Crippen molar-refractivity contribution >= 4 is 18.0 Å². The fraction of sp³-hybridized carbons (Fsp3) is 0.786. The van der Waals surface area contributed by atoms with Crippen molar-refractivity contribution in [1.82, 2.24) is 5.32 Å². The summed E-state index contributed by atoms with van der Waals surface area (Å²) in [5.41, 5.74) is -0.585. The molecule has 21 heavy (non-hydrogen) atoms. The molecule has 0 aromatic rings. The van der Waals surface area contributed by atoms with E-state index in [9.17, 15) is 9.59 Å². The van der Waals surface area contributed by atoms with E-state index in [2.05, 4.69) is 15.0 Å². The molecule has 7 nitrogen and oxygen atoms in total. The lowest BCUT2D eigenvalue weighted by molar-refractivity contribution is -0.142. The lowest BCUT2D eigenvalue weighted by Gasteiger charge is -2.25. The Bertz CT molecular complexity index is 426. The number of hydrogen-bond acceptors (Lipinski definition) is 6. The van der Waals surface area contributed by atoms with E-state index >= 15 is 0 Å². The molecule has 1 rings (SSSR count). The van der Waals surface area contributed by atoms with Crippen molar-refractivity contribution in [2.45, 2.75) is 52.3 Å². The van der Waals surface area contributed by atoms with E-state index in [0.29, 0.717) is 5.90 Å². The Hall–Kier alpha value is -1.79. The van der Waals surface area contributed by atoms with E-state index in [1.807, 2.05) is 13.8 Å². The van der Waals surface area contributed by atoms with Crippen LogP contribution in [0.1, 0.15) is 34.6 Å². The highest BCUT2D eigenvalue weighted by Crippen LogP contribution is 2.15. The molecule has 1 N–H and O–H groups in total. The van der Waals surface area contributed by atoms with E-state index < -0.39 is 29.7 Å². The highest BCUT2D eigenvalue weighted by atomic mass is 16.6. The van der Waals surface area contributed by atoms with Gasteiger partial charge in [-0.1, -0.05) is 13.8 Å². The third kappa shape index (κ3) is 5.24. The predicted octanol–water partition coefficient (Wildman–Crippen LogP) is 1.51. The fourth-order valence-electron chi connectivity index (χ4n) is 1.77. The Morgan fingerprint density at radius 2 is 2.00 bits per heavy atom. The van der Waals surface area contributed by atoms with Crippen LogP contribution in [0.5, 0.6) is 0 Å². The van der Waals surface area contributed by atoms with Crippen molar-refractivity contribution in [3.05, 3.63) is 0 Å². The van der Waals surface area contributed by atoms with Gasteiger partial charge in [0.25, 0.3) is 0 Å². The number of hydrogen-bond donors (Lipinski definition) is 1. The van der Waals surface area contributed by atoms with Crippen molar-refractivity contribution < 1.29 is 23.8 Å². The molecule has 0 saturated carbocycles. The maximum absolute atomic E-state index is 11.9. The predicted molar refractivity (Wildman–Crippen MR) is 77.2 cm³/mol. The summed E-state index contributed by atoms with van der Waals surface area (Å²) in [5.74, 6) is -0.0938. The van der Waals surface area contributed by atoms with Crippen molar-refractivity contribution in [1.29, 1.82) is 0 Å². The first kappa shape index (κ1) is 17.3. The molecule has 0 aliphatic carbocycles. The summed E-state index contributed by atoms with van der Waals surface area (Å²) >= 11 is 0. The van der Waals surface area contributed by atoms with Gasteiger partial charge in [-0.25, -0.2) is 14.6 Å². The maximum atomic E-state index is 11.9. The summed E-state index contributed by atoms with van der Waals surface area (Å²) in [6.07, 6.45) is -0.547. The number of nitrogens with one attached hydrogen (secondary N) is 1. The van der Waals surface area contributed by atoms with Crippen molar-refractivity contribution in [2.75, 3.05) is 13.7 Å². The minimum absolute atomic E-state index is 0.0349. The van der Waals surface area contributed by atoms with Crippen molar-refractivity contribution in [2.24, 2.45) is 10.9 Å². The lowest BCUT2D eigenvalue weighted by Crippen LogP contribution is -2.46. The second-order valence-electron chi connectivity index (χ2n) is 6.19. The van der Waals surface area contributed by atoms with E-state index in [-0.39, 0.29) is 12.5 Å². The topological polar surface area (TPSA) is 86.2 Å². The number of methoxy groups -OCH3 is 1. The second-order valence-corrected chi connectivity index (χ2v) is 6.19. The normalized spacial score (nSPS) is 19.6. The first-order chi connectivity index (χ1) is 9.64. The molecule has 0 fully saturated rings. The standard InChI is InChI=1S/C14H24N2O5/c1-8(2)10(16-13(18)21-14(3,4)5)11-15-9(7-20-11)12(17)19-6/h8-10H,7H2,1-6H3,(H,16,18)/t9?,10-/m0/s1. The van der Waals surface area contributed by atoms with Gasteiger partial charge in [-0.15, -0.1) is 0 Å². The SMILES string of the molecule is COC(=O)C1COC([C@@H](NC(=O)OC(C)(C)C)C(C)C)=N1. The van der Waals surface area contributed by atoms with Crippen LogP contribution in [0.15, 0.2) is 4.99 Å². The molecule has 0 radical (unpaired) electrons. The average Bonchev–Trinajstić information content (AvgIpc) is 2.81. The molecular formula is C14H24N2O5. The second kappa shape index (κ2) is 6.78. The Kier molecular flexibility index (Phi) is 5.57. The largest absolute Gasteiger partial charge is 0.477 e. The molecule has 0 bridgehead atoms. The molecule has 1 heterocycles. The third-order valence-corrected chi connectivity index (χ3v) is 2.75. The highest BCUT2D eigenvalue weighted by molar-refractivity contribution is 5.90. The molecule has 1 aliphatic heterocycles. The smallest absolute Gasteiger partial charge is 0.408 e. The number of amides is 1. The molecule has 2 atom stereocenters. The molecule has 0 spiro atoms. The monoisotopic (exact) mass is 300 g/mol. The van der Waals surface area contributed by atoms with Gasteiger partial charge < -0.3 is 19.5 Å². The minimum Gasteiger partial charge on any atom is -0.477 e. The number of carbonyl (C=O) groups excluding carboxylic acids is 2. The van der Waals surface area contributed by atoms with Crippen LogP contribution in [0, 0.1) is 5.92 Å². The quantitative estimate of drug-likeness (QED) is 0.795. The molecular weight excluding hydrogens is 276 g/mol. The van der Waals surface area contributed by atoms with Crippen molar-refractivity contribution in [3.63, 3.8) is 0 Å². The maximum Gasteiger partial charge on any atom is 0.408 e. The zero-order valence-electron chi connectivity index (χ0n) is 13.4. The summed E-state index contributed by atoms with van der Waals surface area (Å²) in [6, 6.07) is -1.12. The zero-order chi connectivity index (χ0) is 16.2. The van der Waals surface area contributed by atoms with Crippen molar-refractivity contribution in [3.8, 4) is 0 Å². The number of esters is 1. The van der Waals surface area contributed by atoms with Gasteiger partial charge in [0, 0.05) is 0 Å². The third-order valence-electron chi connectivity index (χ3n) is 2.75. The summed E-state index contributed by atoms with van der Waals surface area (Å²) in [7, 11) is 1.30. The van der Waals surface area contributed by atoms with Crippen LogP contribution in [0.3, 0.4) is 0 Å². The molecule has 7 heteroatoms. The molecule has 120 valence electrons. The fourth-order valence-corrected chi connectivity index (χ4v) is 1.77. The van der Waals surface area contributed by atoms with E-state index in [1.54, 1.807) is 20.8 Å². The molecule has 0 saturated heterocycles. The molecule has 1 amide bonds. The minimum atomic E-state index is -0.674. The molecule has 1 aliphatic rings. The van der Waals surface area contributed by atoms with Gasteiger partial charge in [0.05, 0.1) is 7.11 Å². The van der Waals surface area contributed by atoms with Crippen LogP contribution in [-0.2, 0) is 19.0 Å². The summed E-state index contributed by atoms with van der Waals surface area (Å²) < 4.78 is 15.3. The Labute approximate surface area is 125 Å². The molecule has 1 unspecified atom stereocenters. The van der Waals surface area contributed by atoms with Crippen LogP contribution in [-0.4, -0.2) is 49.4 Å². The molecule has 0 aromatic heterocycles. The number of nitrogens with zero attached hydrogens (tertiary/aromatic N) is 1. The van der Waals surface area contributed by atoms with Gasteiger partial charge in [0.1, 0.15) is 18.2 Å². The van der Waals surface area contributed by atoms with Crippen LogP contribution < -0.4 is 5.32 Å². The first-order valence-electron chi connectivity index (χ1n) is 6.92. The van der Waals surface area contributed by atoms with Crippen LogP contribution in [0.25, 0.3) is 0 Å². The number of ether oxygens (including phenoxy) is 3. The van der Waals surface area contributed by atoms with Crippen LogP contribution in [0.4, 0.5) is 4.79 Å². The van der Waals surface area contributed by atoms with Gasteiger partial charge in [-0.2, -0.15) is 0 Å². The number of carbonyl (C=O) groups is 2. The number of alkyl carbamates (subject to hydrolysis) is 1. The van der Waals surface area contributed by atoms with Gasteiger partial charge in [-0.3, -0.25) is 0 Å². The van der Waals surface area contributed by atoms with Gasteiger partial charge >= 0.3 is 12.1 Å². The summed E-state index contributed by atoms with van der Waals surface area (Å²) in [5, 5.41) is 2.72. The Morgan fingerprint density at radius 1 is 1.38 bits per heavy atom. The Balaban J connectivity index is 2.75. The van der Waals surface area contributed by atoms with E-state index in [0.717, 1.165) is 0 Å². The van der Waals surface area contributed by atoms with E-state index in [4.69, 9.17) is 9.47 Å². The summed E-state index contributed by atoms with van der Waals surface area (Å²) in [4.78, 5) is 27.5. The molecule has 0 aromatic carbocycles. The van der Waals surface area contributed by atoms with Gasteiger partial charge in [0.15, 0.2) is 6.04 Å². The number of rotatable bonds is 4. The number of aliphatic imine (C=N–C) groups is 1. The average molecular weight is 300 g/mol. The van der Waals surface area contributed by atoms with Crippen LogP contribution in [0.2, 0.25) is 0 Å². The highest BCUT2D eigenvalue weighted by Gasteiger charge is 2.33. The lowest BCUT2D eigenvalue weighted by atomic mass is 10.0. The van der Waals surface area contributed by atoms with Gasteiger partial charge in [-0.05, 0) is 26.7 Å².